The summed E-state index contributed by atoms with van der Waals surface area (Å²) in [6.07, 6.45) is 7.79. The maximum atomic E-state index is 6.26. The first-order valence-corrected chi connectivity index (χ1v) is 6.58. The van der Waals surface area contributed by atoms with E-state index >= 15 is 0 Å². The second-order valence-electron chi connectivity index (χ2n) is 4.60. The first-order valence-electron chi connectivity index (χ1n) is 6.20. The summed E-state index contributed by atoms with van der Waals surface area (Å²) >= 11 is 6.24. The van der Waals surface area contributed by atoms with Crippen molar-refractivity contribution in [1.82, 2.24) is 9.78 Å². The van der Waals surface area contributed by atoms with Crippen LogP contribution in [0.25, 0.3) is 0 Å². The summed E-state index contributed by atoms with van der Waals surface area (Å²) in [5.74, 6) is 0.387. The minimum absolute atomic E-state index is 0.238. The van der Waals surface area contributed by atoms with E-state index in [1.807, 2.05) is 4.68 Å². The maximum absolute atomic E-state index is 6.26. The van der Waals surface area contributed by atoms with E-state index in [4.69, 9.17) is 17.3 Å². The van der Waals surface area contributed by atoms with Gasteiger partial charge in [0.25, 0.3) is 0 Å². The zero-order chi connectivity index (χ0) is 11.5. The Labute approximate surface area is 102 Å². The molecule has 1 saturated carbocycles. The summed E-state index contributed by atoms with van der Waals surface area (Å²) in [7, 11) is 0. The van der Waals surface area contributed by atoms with Crippen LogP contribution in [0, 0.1) is 0 Å². The van der Waals surface area contributed by atoms with Crippen LogP contribution in [0.5, 0.6) is 0 Å². The molecular formula is C12H20ClN3. The van der Waals surface area contributed by atoms with Gasteiger partial charge in [-0.1, -0.05) is 30.9 Å². The van der Waals surface area contributed by atoms with Crippen molar-refractivity contribution in [1.29, 1.82) is 0 Å². The molecule has 4 heteroatoms. The molecule has 1 aromatic rings. The molecule has 1 fully saturated rings. The van der Waals surface area contributed by atoms with E-state index in [1.54, 1.807) is 6.20 Å². The standard InChI is InChI=1S/C12H20ClN3/c1-2-16-12(10(13)8-15-16)9-6-4-3-5-7-11(9)14/h8-9,11H,2-7,14H2,1H3. The summed E-state index contributed by atoms with van der Waals surface area (Å²) in [6.45, 7) is 2.96. The molecule has 2 N–H and O–H groups in total. The fourth-order valence-corrected chi connectivity index (χ4v) is 2.95. The van der Waals surface area contributed by atoms with Crippen molar-refractivity contribution in [2.75, 3.05) is 0 Å². The van der Waals surface area contributed by atoms with Gasteiger partial charge in [0.2, 0.25) is 0 Å². The molecule has 0 amide bonds. The van der Waals surface area contributed by atoms with Crippen LogP contribution >= 0.6 is 11.6 Å². The van der Waals surface area contributed by atoms with Gasteiger partial charge in [0.1, 0.15) is 0 Å². The number of nitrogens with two attached hydrogens (primary N) is 1. The van der Waals surface area contributed by atoms with E-state index in [0.29, 0.717) is 5.92 Å². The molecule has 0 aliphatic heterocycles. The van der Waals surface area contributed by atoms with Crippen molar-refractivity contribution >= 4 is 11.6 Å². The molecule has 90 valence electrons. The van der Waals surface area contributed by atoms with Gasteiger partial charge in [-0.25, -0.2) is 0 Å². The minimum atomic E-state index is 0.238. The van der Waals surface area contributed by atoms with Gasteiger partial charge in [0.05, 0.1) is 16.9 Å². The lowest BCUT2D eigenvalue weighted by Gasteiger charge is -2.22. The lowest BCUT2D eigenvalue weighted by molar-refractivity contribution is 0.463. The number of nitrogens with zero attached hydrogens (tertiary/aromatic N) is 2. The average Bonchev–Trinajstić information content (AvgIpc) is 2.51. The third-order valence-corrected chi connectivity index (χ3v) is 3.84. The second-order valence-corrected chi connectivity index (χ2v) is 5.01. The van der Waals surface area contributed by atoms with Gasteiger partial charge in [-0.3, -0.25) is 4.68 Å². The molecule has 1 aliphatic carbocycles. The number of hydrogen-bond donors (Lipinski definition) is 1. The van der Waals surface area contributed by atoms with E-state index in [2.05, 4.69) is 12.0 Å². The third kappa shape index (κ3) is 2.25. The first kappa shape index (κ1) is 11.9. The van der Waals surface area contributed by atoms with Crippen molar-refractivity contribution in [2.45, 2.75) is 57.5 Å². The molecule has 0 aromatic carbocycles. The first-order chi connectivity index (χ1) is 7.74. The number of aryl methyl sites for hydroxylation is 1. The second kappa shape index (κ2) is 5.19. The minimum Gasteiger partial charge on any atom is -0.327 e. The van der Waals surface area contributed by atoms with Crippen molar-refractivity contribution in [3.8, 4) is 0 Å². The SMILES string of the molecule is CCn1ncc(Cl)c1C1CCCCCC1N. The molecule has 2 atom stereocenters. The van der Waals surface area contributed by atoms with Gasteiger partial charge in [0, 0.05) is 18.5 Å². The number of rotatable bonds is 2. The maximum Gasteiger partial charge on any atom is 0.0821 e. The summed E-state index contributed by atoms with van der Waals surface area (Å²) in [5.41, 5.74) is 7.41. The van der Waals surface area contributed by atoms with Gasteiger partial charge < -0.3 is 5.73 Å². The Morgan fingerprint density at radius 2 is 2.19 bits per heavy atom. The Kier molecular flexibility index (Phi) is 3.87. The normalized spacial score (nSPS) is 26.7. The Morgan fingerprint density at radius 3 is 2.94 bits per heavy atom. The molecule has 2 unspecified atom stereocenters. The molecule has 1 heterocycles. The van der Waals surface area contributed by atoms with Crippen LogP contribution in [0.2, 0.25) is 5.02 Å². The van der Waals surface area contributed by atoms with Gasteiger partial charge in [-0.15, -0.1) is 0 Å². The average molecular weight is 242 g/mol. The van der Waals surface area contributed by atoms with Crippen molar-refractivity contribution < 1.29 is 0 Å². The highest BCUT2D eigenvalue weighted by atomic mass is 35.5. The van der Waals surface area contributed by atoms with E-state index in [9.17, 15) is 0 Å². The molecule has 0 spiro atoms. The quantitative estimate of drug-likeness (QED) is 0.810. The monoisotopic (exact) mass is 241 g/mol. The molecule has 16 heavy (non-hydrogen) atoms. The highest BCUT2D eigenvalue weighted by Gasteiger charge is 2.27. The predicted molar refractivity (Wildman–Crippen MR) is 66.7 cm³/mol. The predicted octanol–water partition coefficient (Wildman–Crippen LogP) is 2.93. The lowest BCUT2D eigenvalue weighted by atomic mass is 9.92. The number of halogens is 1. The zero-order valence-corrected chi connectivity index (χ0v) is 10.6. The molecule has 0 bridgehead atoms. The van der Waals surface area contributed by atoms with Crippen molar-refractivity contribution in [3.05, 3.63) is 16.9 Å². The summed E-state index contributed by atoms with van der Waals surface area (Å²) in [6, 6.07) is 0.238. The molecule has 2 rings (SSSR count). The van der Waals surface area contributed by atoms with Gasteiger partial charge in [-0.05, 0) is 19.8 Å². The van der Waals surface area contributed by atoms with Gasteiger partial charge >= 0.3 is 0 Å². The Morgan fingerprint density at radius 1 is 1.44 bits per heavy atom. The molecular weight excluding hydrogens is 222 g/mol. The van der Waals surface area contributed by atoms with Gasteiger partial charge in [-0.2, -0.15) is 5.10 Å². The van der Waals surface area contributed by atoms with E-state index < -0.39 is 0 Å². The number of aromatic nitrogens is 2. The zero-order valence-electron chi connectivity index (χ0n) is 9.82. The topological polar surface area (TPSA) is 43.8 Å². The van der Waals surface area contributed by atoms with Gasteiger partial charge in [0.15, 0.2) is 0 Å². The van der Waals surface area contributed by atoms with Crippen LogP contribution in [0.3, 0.4) is 0 Å². The fraction of sp³-hybridized carbons (Fsp3) is 0.750. The highest BCUT2D eigenvalue weighted by molar-refractivity contribution is 6.31. The van der Waals surface area contributed by atoms with Crippen LogP contribution in [0.1, 0.15) is 50.6 Å². The van der Waals surface area contributed by atoms with Crippen molar-refractivity contribution in [2.24, 2.45) is 5.73 Å². The van der Waals surface area contributed by atoms with E-state index in [-0.39, 0.29) is 6.04 Å². The molecule has 0 radical (unpaired) electrons. The molecule has 1 aliphatic rings. The van der Waals surface area contributed by atoms with E-state index in [1.165, 1.54) is 19.3 Å². The largest absolute Gasteiger partial charge is 0.327 e. The highest BCUT2D eigenvalue weighted by Crippen LogP contribution is 2.34. The summed E-state index contributed by atoms with van der Waals surface area (Å²) in [5, 5.41) is 5.09. The molecule has 1 aromatic heterocycles. The lowest BCUT2D eigenvalue weighted by Crippen LogP contribution is -2.29. The smallest absolute Gasteiger partial charge is 0.0821 e. The van der Waals surface area contributed by atoms with Crippen LogP contribution < -0.4 is 5.73 Å². The summed E-state index contributed by atoms with van der Waals surface area (Å²) < 4.78 is 2.00. The Balaban J connectivity index is 2.29. The third-order valence-electron chi connectivity index (χ3n) is 3.55. The van der Waals surface area contributed by atoms with Crippen molar-refractivity contribution in [3.63, 3.8) is 0 Å². The Bertz CT molecular complexity index is 348. The molecule has 3 nitrogen and oxygen atoms in total. The van der Waals surface area contributed by atoms with Crippen LogP contribution in [-0.2, 0) is 6.54 Å². The van der Waals surface area contributed by atoms with E-state index in [0.717, 1.165) is 30.1 Å². The van der Waals surface area contributed by atoms with Crippen LogP contribution in [0.4, 0.5) is 0 Å². The molecule has 0 saturated heterocycles. The van der Waals surface area contributed by atoms with Crippen LogP contribution in [0.15, 0.2) is 6.20 Å². The summed E-state index contributed by atoms with van der Waals surface area (Å²) in [4.78, 5) is 0. The van der Waals surface area contributed by atoms with Crippen LogP contribution in [-0.4, -0.2) is 15.8 Å². The fourth-order valence-electron chi connectivity index (χ4n) is 2.67. The Hall–Kier alpha value is -0.540. The number of hydrogen-bond acceptors (Lipinski definition) is 2.